The molecule has 0 bridgehead atoms. The van der Waals surface area contributed by atoms with E-state index in [2.05, 4.69) is 6.07 Å². The summed E-state index contributed by atoms with van der Waals surface area (Å²) in [6, 6.07) is 16.3. The second-order valence-electron chi connectivity index (χ2n) is 3.78. The highest BCUT2D eigenvalue weighted by Crippen LogP contribution is 2.26. The highest BCUT2D eigenvalue weighted by Gasteiger charge is 2.08. The zero-order valence-electron chi connectivity index (χ0n) is 9.93. The average molecular weight is 269 g/mol. The molecule has 0 heterocycles. The Morgan fingerprint density at radius 2 is 1.79 bits per heavy atom. The molecule has 4 heteroatoms. The topological polar surface area (TPSA) is 56.8 Å². The molecular formula is C15H9ClN2O. The molecule has 0 saturated carbocycles. The number of rotatable bonds is 3. The lowest BCUT2D eigenvalue weighted by Crippen LogP contribution is -1.99. The first-order valence-electron chi connectivity index (χ1n) is 5.55. The SMILES string of the molecule is N#Cc1ccccc1COc1cccc(Cl)c1C#N. The highest BCUT2D eigenvalue weighted by atomic mass is 35.5. The van der Waals surface area contributed by atoms with Crippen molar-refractivity contribution >= 4 is 11.6 Å². The maximum atomic E-state index is 9.03. The van der Waals surface area contributed by atoms with Crippen LogP contribution in [0.5, 0.6) is 5.75 Å². The van der Waals surface area contributed by atoms with Crippen LogP contribution >= 0.6 is 11.6 Å². The van der Waals surface area contributed by atoms with Crippen molar-refractivity contribution in [2.75, 3.05) is 0 Å². The molecule has 3 nitrogen and oxygen atoms in total. The minimum absolute atomic E-state index is 0.221. The number of nitriles is 2. The van der Waals surface area contributed by atoms with Crippen LogP contribution in [0, 0.1) is 22.7 Å². The molecule has 92 valence electrons. The summed E-state index contributed by atoms with van der Waals surface area (Å²) in [7, 11) is 0. The van der Waals surface area contributed by atoms with Gasteiger partial charge in [-0.3, -0.25) is 0 Å². The normalized spacial score (nSPS) is 9.42. The maximum absolute atomic E-state index is 9.03. The Morgan fingerprint density at radius 3 is 2.53 bits per heavy atom. The lowest BCUT2D eigenvalue weighted by molar-refractivity contribution is 0.305. The van der Waals surface area contributed by atoms with Crippen molar-refractivity contribution in [2.45, 2.75) is 6.61 Å². The van der Waals surface area contributed by atoms with Gasteiger partial charge in [0.25, 0.3) is 0 Å². The van der Waals surface area contributed by atoms with Crippen LogP contribution in [0.4, 0.5) is 0 Å². The van der Waals surface area contributed by atoms with Gasteiger partial charge in [0.2, 0.25) is 0 Å². The third-order valence-electron chi connectivity index (χ3n) is 2.61. The lowest BCUT2D eigenvalue weighted by Gasteiger charge is -2.09. The van der Waals surface area contributed by atoms with Gasteiger partial charge < -0.3 is 4.74 Å². The maximum Gasteiger partial charge on any atom is 0.139 e. The first kappa shape index (κ1) is 13.0. The predicted octanol–water partition coefficient (Wildman–Crippen LogP) is 3.66. The molecule has 0 saturated heterocycles. The van der Waals surface area contributed by atoms with Crippen molar-refractivity contribution in [3.05, 3.63) is 64.2 Å². The van der Waals surface area contributed by atoms with Crippen LogP contribution < -0.4 is 4.74 Å². The summed E-state index contributed by atoms with van der Waals surface area (Å²) >= 11 is 5.91. The number of halogens is 1. The van der Waals surface area contributed by atoms with Crippen LogP contribution in [0.3, 0.4) is 0 Å². The van der Waals surface area contributed by atoms with Gasteiger partial charge in [-0.1, -0.05) is 35.9 Å². The van der Waals surface area contributed by atoms with Crippen molar-refractivity contribution in [1.82, 2.24) is 0 Å². The van der Waals surface area contributed by atoms with E-state index in [4.69, 9.17) is 26.9 Å². The van der Waals surface area contributed by atoms with Crippen molar-refractivity contribution in [2.24, 2.45) is 0 Å². The van der Waals surface area contributed by atoms with Gasteiger partial charge in [0, 0.05) is 5.56 Å². The van der Waals surface area contributed by atoms with Gasteiger partial charge in [-0.15, -0.1) is 0 Å². The van der Waals surface area contributed by atoms with E-state index in [1.807, 2.05) is 18.2 Å². The summed E-state index contributed by atoms with van der Waals surface area (Å²) in [6.07, 6.45) is 0. The summed E-state index contributed by atoms with van der Waals surface area (Å²) in [5, 5.41) is 18.4. The standard InChI is InChI=1S/C15H9ClN2O/c16-14-6-3-7-15(13(14)9-18)19-10-12-5-2-1-4-11(12)8-17/h1-7H,10H2. The molecule has 0 N–H and O–H groups in total. The molecule has 0 aromatic heterocycles. The summed E-state index contributed by atoms with van der Waals surface area (Å²) in [5.41, 5.74) is 1.63. The highest BCUT2D eigenvalue weighted by molar-refractivity contribution is 6.31. The average Bonchev–Trinajstić information content (AvgIpc) is 2.45. The summed E-state index contributed by atoms with van der Waals surface area (Å²) in [4.78, 5) is 0. The van der Waals surface area contributed by atoms with E-state index in [-0.39, 0.29) is 6.61 Å². The molecule has 19 heavy (non-hydrogen) atoms. The molecule has 2 aromatic carbocycles. The number of benzene rings is 2. The number of ether oxygens (including phenoxy) is 1. The summed E-state index contributed by atoms with van der Waals surface area (Å²) in [5.74, 6) is 0.419. The third kappa shape index (κ3) is 2.85. The fourth-order valence-electron chi connectivity index (χ4n) is 1.64. The van der Waals surface area contributed by atoms with Crippen molar-refractivity contribution in [3.63, 3.8) is 0 Å². The van der Waals surface area contributed by atoms with Gasteiger partial charge in [-0.2, -0.15) is 10.5 Å². The monoisotopic (exact) mass is 268 g/mol. The van der Waals surface area contributed by atoms with Crippen LogP contribution in [0.25, 0.3) is 0 Å². The summed E-state index contributed by atoms with van der Waals surface area (Å²) < 4.78 is 5.58. The molecule has 2 aromatic rings. The Hall–Kier alpha value is -2.49. The van der Waals surface area contributed by atoms with Gasteiger partial charge in [-0.25, -0.2) is 0 Å². The Labute approximate surface area is 116 Å². The molecule has 0 atom stereocenters. The molecule has 0 aliphatic carbocycles. The molecule has 0 aliphatic heterocycles. The van der Waals surface area contributed by atoms with Gasteiger partial charge in [-0.05, 0) is 18.2 Å². The Kier molecular flexibility index (Phi) is 4.03. The molecule has 0 radical (unpaired) electrons. The minimum Gasteiger partial charge on any atom is -0.487 e. The number of nitrogens with zero attached hydrogens (tertiary/aromatic N) is 2. The van der Waals surface area contributed by atoms with Crippen LogP contribution in [0.1, 0.15) is 16.7 Å². The smallest absolute Gasteiger partial charge is 0.139 e. The largest absolute Gasteiger partial charge is 0.487 e. The molecular weight excluding hydrogens is 260 g/mol. The van der Waals surface area contributed by atoms with E-state index < -0.39 is 0 Å². The fraction of sp³-hybridized carbons (Fsp3) is 0.0667. The van der Waals surface area contributed by atoms with Crippen molar-refractivity contribution in [3.8, 4) is 17.9 Å². The molecule has 0 amide bonds. The zero-order chi connectivity index (χ0) is 13.7. The van der Waals surface area contributed by atoms with Crippen LogP contribution in [-0.2, 0) is 6.61 Å². The number of hydrogen-bond donors (Lipinski definition) is 0. The molecule has 0 fully saturated rings. The Morgan fingerprint density at radius 1 is 1.00 bits per heavy atom. The van der Waals surface area contributed by atoms with E-state index in [0.29, 0.717) is 21.9 Å². The van der Waals surface area contributed by atoms with E-state index in [9.17, 15) is 0 Å². The minimum atomic E-state index is 0.221. The first-order valence-corrected chi connectivity index (χ1v) is 5.93. The molecule has 0 spiro atoms. The second kappa shape index (κ2) is 5.91. The molecule has 2 rings (SSSR count). The summed E-state index contributed by atoms with van der Waals surface area (Å²) in [6.45, 7) is 0.221. The van der Waals surface area contributed by atoms with E-state index in [1.165, 1.54) is 0 Å². The molecule has 0 unspecified atom stereocenters. The Balaban J connectivity index is 2.23. The first-order chi connectivity index (χ1) is 9.26. The van der Waals surface area contributed by atoms with E-state index >= 15 is 0 Å². The van der Waals surface area contributed by atoms with Crippen molar-refractivity contribution < 1.29 is 4.74 Å². The van der Waals surface area contributed by atoms with Crippen LogP contribution in [-0.4, -0.2) is 0 Å². The number of hydrogen-bond acceptors (Lipinski definition) is 3. The van der Waals surface area contributed by atoms with Gasteiger partial charge >= 0.3 is 0 Å². The Bertz CT molecular complexity index is 683. The van der Waals surface area contributed by atoms with Gasteiger partial charge in [0.15, 0.2) is 0 Å². The van der Waals surface area contributed by atoms with Gasteiger partial charge in [0.1, 0.15) is 24.0 Å². The van der Waals surface area contributed by atoms with E-state index in [0.717, 1.165) is 5.56 Å². The molecule has 0 aliphatic rings. The quantitative estimate of drug-likeness (QED) is 0.853. The lowest BCUT2D eigenvalue weighted by atomic mass is 10.1. The van der Waals surface area contributed by atoms with Crippen molar-refractivity contribution in [1.29, 1.82) is 10.5 Å². The second-order valence-corrected chi connectivity index (χ2v) is 4.19. The van der Waals surface area contributed by atoms with E-state index in [1.54, 1.807) is 30.3 Å². The van der Waals surface area contributed by atoms with Crippen LogP contribution in [0.2, 0.25) is 5.02 Å². The van der Waals surface area contributed by atoms with Gasteiger partial charge in [0.05, 0.1) is 16.7 Å². The zero-order valence-corrected chi connectivity index (χ0v) is 10.7. The predicted molar refractivity (Wildman–Crippen MR) is 71.7 cm³/mol. The van der Waals surface area contributed by atoms with Crippen LogP contribution in [0.15, 0.2) is 42.5 Å². The fourth-order valence-corrected chi connectivity index (χ4v) is 1.85. The third-order valence-corrected chi connectivity index (χ3v) is 2.92.